The highest BCUT2D eigenvalue weighted by atomic mass is 35.5. The Morgan fingerprint density at radius 1 is 0.793 bits per heavy atom. The van der Waals surface area contributed by atoms with E-state index < -0.39 is 83.2 Å². The molecule has 1 aliphatic rings. The van der Waals surface area contributed by atoms with Crippen LogP contribution in [0.4, 0.5) is 0 Å². The summed E-state index contributed by atoms with van der Waals surface area (Å²) in [5.74, 6) is -6.37. The Labute approximate surface area is 519 Å². The number of halogens is 1. The molecular weight excluding hydrogens is 1140 g/mol. The molecule has 22 heteroatoms. The number of Topliss-reactive ketones (excluding diaryl/α,β-unsaturated/α-hetero) is 2. The Morgan fingerprint density at radius 2 is 1.40 bits per heavy atom. The number of methoxy groups -OCH3 is 1. The van der Waals surface area contributed by atoms with Crippen molar-refractivity contribution in [1.29, 1.82) is 0 Å². The number of hydrogen-bond acceptors (Lipinski definition) is 16. The molecule has 0 aliphatic carbocycles. The van der Waals surface area contributed by atoms with E-state index in [2.05, 4.69) is 21.3 Å². The number of nitrogens with one attached hydrogen (secondary N) is 4. The maximum absolute atomic E-state index is 14.0. The second-order valence-corrected chi connectivity index (χ2v) is 24.3. The molecule has 3 rings (SSSR count). The zero-order chi connectivity index (χ0) is 64.8. The number of aliphatic hydroxyl groups excluding tert-OH is 1. The average molecular weight is 1240 g/mol. The summed E-state index contributed by atoms with van der Waals surface area (Å²) < 4.78 is 33.3. The summed E-state index contributed by atoms with van der Waals surface area (Å²) in [6.07, 6.45) is -0.0283. The van der Waals surface area contributed by atoms with E-state index in [0.29, 0.717) is 50.0 Å². The smallest absolute Gasteiger partial charge is 0.347 e. The number of cyclic esters (lactones) is 2. The van der Waals surface area contributed by atoms with Crippen molar-refractivity contribution in [3.05, 3.63) is 81.9 Å². The second-order valence-electron chi connectivity index (χ2n) is 23.9. The first kappa shape index (κ1) is 75.2. The molecule has 486 valence electrons. The SMILES string of the molecule is CNC(=O)CCN(CCC(=O)N[C@H](C(=O)C[C@@H](C)C(=O)CCc1ccc([C@@H](C)[C@H](O)[C@@H](C)[C@@H]2C/C=C/C(=O)N[C@H](Cc3ccc(C)c(Cl)c3)C(=O)NCC(C)(C)C(=O)O[C@@H](CC(C)C)C(=O)O2)cc1)C(C)C)C(=O)CCOCCOCCOCCOC. The van der Waals surface area contributed by atoms with Gasteiger partial charge in [0.1, 0.15) is 17.9 Å². The van der Waals surface area contributed by atoms with Crippen LogP contribution < -0.4 is 21.3 Å². The molecule has 0 radical (unpaired) electrons. The molecule has 0 saturated heterocycles. The van der Waals surface area contributed by atoms with Gasteiger partial charge in [0.05, 0.1) is 70.2 Å². The molecular formula is C65H98ClN5O16. The lowest BCUT2D eigenvalue weighted by molar-refractivity contribution is -0.180. The summed E-state index contributed by atoms with van der Waals surface area (Å²) in [4.78, 5) is 122. The summed E-state index contributed by atoms with van der Waals surface area (Å²) >= 11 is 6.40. The van der Waals surface area contributed by atoms with Crippen LogP contribution in [0.3, 0.4) is 0 Å². The highest BCUT2D eigenvalue weighted by Crippen LogP contribution is 2.30. The Kier molecular flexibility index (Phi) is 33.7. The summed E-state index contributed by atoms with van der Waals surface area (Å²) in [5, 5.41) is 23.3. The fourth-order valence-electron chi connectivity index (χ4n) is 9.49. The third-order valence-corrected chi connectivity index (χ3v) is 15.8. The summed E-state index contributed by atoms with van der Waals surface area (Å²) in [6, 6.07) is 10.9. The van der Waals surface area contributed by atoms with E-state index in [4.69, 9.17) is 40.0 Å². The van der Waals surface area contributed by atoms with Gasteiger partial charge in [-0.15, -0.1) is 0 Å². The Morgan fingerprint density at radius 3 is 2.00 bits per heavy atom. The number of ether oxygens (including phenoxy) is 6. The zero-order valence-electron chi connectivity index (χ0n) is 53.3. The summed E-state index contributed by atoms with van der Waals surface area (Å²) in [7, 11) is 3.09. The molecule has 0 unspecified atom stereocenters. The van der Waals surface area contributed by atoms with Crippen molar-refractivity contribution in [2.24, 2.45) is 29.1 Å². The molecule has 0 fully saturated rings. The van der Waals surface area contributed by atoms with Crippen LogP contribution in [-0.4, -0.2) is 173 Å². The number of ketones is 2. The van der Waals surface area contributed by atoms with Crippen LogP contribution >= 0.6 is 11.6 Å². The van der Waals surface area contributed by atoms with Crippen molar-refractivity contribution in [2.75, 3.05) is 80.0 Å². The minimum Gasteiger partial charge on any atom is -0.459 e. The van der Waals surface area contributed by atoms with Gasteiger partial charge in [-0.1, -0.05) is 103 Å². The number of hydrogen-bond donors (Lipinski definition) is 5. The van der Waals surface area contributed by atoms with E-state index in [1.54, 1.807) is 54.7 Å². The highest BCUT2D eigenvalue weighted by molar-refractivity contribution is 6.31. The molecule has 0 saturated carbocycles. The number of aryl methyl sites for hydroxylation is 2. The van der Waals surface area contributed by atoms with Crippen molar-refractivity contribution in [3.8, 4) is 0 Å². The third-order valence-electron chi connectivity index (χ3n) is 15.3. The number of aliphatic hydroxyl groups is 1. The largest absolute Gasteiger partial charge is 0.459 e. The van der Waals surface area contributed by atoms with Crippen molar-refractivity contribution in [3.63, 3.8) is 0 Å². The van der Waals surface area contributed by atoms with Crippen molar-refractivity contribution < 1.29 is 76.7 Å². The molecule has 5 N–H and O–H groups in total. The first-order chi connectivity index (χ1) is 41.2. The average Bonchev–Trinajstić information content (AvgIpc) is 3.67. The summed E-state index contributed by atoms with van der Waals surface area (Å²) in [6.45, 7) is 20.0. The van der Waals surface area contributed by atoms with Gasteiger partial charge in [-0.2, -0.15) is 0 Å². The van der Waals surface area contributed by atoms with Crippen LogP contribution in [0.5, 0.6) is 0 Å². The van der Waals surface area contributed by atoms with Gasteiger partial charge in [-0.3, -0.25) is 38.4 Å². The Hall–Kier alpha value is -6.10. The minimum absolute atomic E-state index is 0.0110. The number of carbonyl (C=O) groups excluding carboxylic acids is 9. The van der Waals surface area contributed by atoms with E-state index >= 15 is 0 Å². The van der Waals surface area contributed by atoms with Crippen LogP contribution in [-0.2, 0) is 84.4 Å². The number of amides is 5. The van der Waals surface area contributed by atoms with Crippen LogP contribution in [0.1, 0.15) is 135 Å². The van der Waals surface area contributed by atoms with E-state index in [9.17, 15) is 48.3 Å². The predicted molar refractivity (Wildman–Crippen MR) is 329 cm³/mol. The fraction of sp³-hybridized carbons (Fsp3) is 0.646. The van der Waals surface area contributed by atoms with E-state index in [-0.39, 0.29) is 119 Å². The lowest BCUT2D eigenvalue weighted by Gasteiger charge is -2.33. The third kappa shape index (κ3) is 27.5. The normalized spacial score (nSPS) is 18.9. The van der Waals surface area contributed by atoms with Gasteiger partial charge in [-0.05, 0) is 79.8 Å². The monoisotopic (exact) mass is 1240 g/mol. The molecule has 0 spiro atoms. The fourth-order valence-corrected chi connectivity index (χ4v) is 9.69. The Balaban J connectivity index is 1.64. The molecule has 0 bridgehead atoms. The molecule has 1 aliphatic heterocycles. The highest BCUT2D eigenvalue weighted by Gasteiger charge is 2.39. The standard InChI is InChI=1S/C65H98ClN5O16/c1-41(2)36-55-63(80)86-54(14-13-15-57(75)69-51(39-48-17-16-43(5)50(66)38-48)62(79)68-40-65(9,10)64(81)87-55)46(8)61(78)45(7)49-21-18-47(19-22-49)20-23-52(72)44(6)37-53(73)60(42(3)4)70-58(76)25-28-71(27-24-56(74)67-11)59(77)26-29-83-32-33-85-35-34-84-31-30-82-12/h13,15-19,21-22,38,41-42,44-46,51,54-55,60-61,78H,14,20,23-37,39-40H2,1-12H3,(H,67,74)(H,68,79)(H,69,75)(H,70,76)/b15-13+/t44-,45-,46+,51-,54+,55+,60+,61+/m1/s1. The van der Waals surface area contributed by atoms with Crippen LogP contribution in [0.2, 0.25) is 5.02 Å². The van der Waals surface area contributed by atoms with E-state index in [1.807, 2.05) is 64.1 Å². The topological polar surface area (TPSA) is 281 Å². The number of esters is 2. The predicted octanol–water partition coefficient (Wildman–Crippen LogP) is 6.13. The molecule has 1 heterocycles. The van der Waals surface area contributed by atoms with Gasteiger partial charge in [0, 0.05) is 95.1 Å². The molecule has 5 amide bonds. The van der Waals surface area contributed by atoms with Crippen LogP contribution in [0.15, 0.2) is 54.6 Å². The maximum atomic E-state index is 14.0. The van der Waals surface area contributed by atoms with E-state index in [1.165, 1.54) is 24.1 Å². The van der Waals surface area contributed by atoms with Gasteiger partial charge in [0.25, 0.3) is 0 Å². The molecule has 21 nitrogen and oxygen atoms in total. The molecule has 0 aromatic heterocycles. The Bertz CT molecular complexity index is 2580. The number of rotatable bonds is 35. The number of nitrogens with zero attached hydrogens (tertiary/aromatic N) is 1. The van der Waals surface area contributed by atoms with E-state index in [0.717, 1.165) is 16.7 Å². The van der Waals surface area contributed by atoms with Gasteiger partial charge >= 0.3 is 11.9 Å². The van der Waals surface area contributed by atoms with Gasteiger partial charge in [0.2, 0.25) is 29.5 Å². The minimum atomic E-state index is -1.30. The first-order valence-corrected chi connectivity index (χ1v) is 30.8. The first-order valence-electron chi connectivity index (χ1n) is 30.4. The van der Waals surface area contributed by atoms with Crippen molar-refractivity contribution in [2.45, 2.75) is 163 Å². The number of carbonyl (C=O) groups is 9. The molecule has 2 aromatic rings. The lowest BCUT2D eigenvalue weighted by Crippen LogP contribution is -2.51. The van der Waals surface area contributed by atoms with Gasteiger partial charge < -0.3 is 59.7 Å². The van der Waals surface area contributed by atoms with Crippen molar-refractivity contribution >= 4 is 64.6 Å². The molecule has 2 aromatic carbocycles. The van der Waals surface area contributed by atoms with Crippen LogP contribution in [0.25, 0.3) is 0 Å². The van der Waals surface area contributed by atoms with Crippen molar-refractivity contribution in [1.82, 2.24) is 26.2 Å². The van der Waals surface area contributed by atoms with Crippen LogP contribution in [0, 0.1) is 36.0 Å². The second kappa shape index (κ2) is 39.0. The quantitative estimate of drug-likeness (QED) is 0.0384. The molecule has 87 heavy (non-hydrogen) atoms. The van der Waals surface area contributed by atoms with Gasteiger partial charge in [-0.25, -0.2) is 4.79 Å². The lowest BCUT2D eigenvalue weighted by atomic mass is 9.83. The zero-order valence-corrected chi connectivity index (χ0v) is 54.1. The van der Waals surface area contributed by atoms with Gasteiger partial charge in [0.15, 0.2) is 11.9 Å². The molecule has 8 atom stereocenters. The summed E-state index contributed by atoms with van der Waals surface area (Å²) in [5.41, 5.74) is 1.86. The number of benzene rings is 2. The maximum Gasteiger partial charge on any atom is 0.347 e.